The minimum absolute atomic E-state index is 0.188. The second-order valence-corrected chi connectivity index (χ2v) is 5.01. The fraction of sp³-hybridized carbons (Fsp3) is 0.333. The summed E-state index contributed by atoms with van der Waals surface area (Å²) in [7, 11) is 0. The summed E-state index contributed by atoms with van der Waals surface area (Å²) >= 11 is 0. The van der Waals surface area contributed by atoms with E-state index >= 15 is 0 Å². The van der Waals surface area contributed by atoms with Crippen molar-refractivity contribution < 1.29 is 4.79 Å². The molecule has 0 spiro atoms. The summed E-state index contributed by atoms with van der Waals surface area (Å²) in [6, 6.07) is 7.93. The number of benzene rings is 1. The van der Waals surface area contributed by atoms with Crippen LogP contribution in [0.25, 0.3) is 0 Å². The lowest BCUT2D eigenvalue weighted by Gasteiger charge is -2.06. The molecular weight excluding hydrogens is 252 g/mol. The first-order chi connectivity index (χ1) is 9.51. The molecule has 1 aromatic heterocycles. The highest BCUT2D eigenvalue weighted by atomic mass is 16.2. The second kappa shape index (κ2) is 5.88. The van der Waals surface area contributed by atoms with E-state index in [0.29, 0.717) is 6.42 Å². The summed E-state index contributed by atoms with van der Waals surface area (Å²) in [5.41, 5.74) is 7.73. The predicted octanol–water partition coefficient (Wildman–Crippen LogP) is 1.39. The maximum absolute atomic E-state index is 11.2. The van der Waals surface area contributed by atoms with Crippen molar-refractivity contribution >= 4 is 5.91 Å². The van der Waals surface area contributed by atoms with Crippen LogP contribution in [0.1, 0.15) is 28.1 Å². The van der Waals surface area contributed by atoms with Crippen molar-refractivity contribution in [3.05, 3.63) is 52.3 Å². The molecule has 1 amide bonds. The molecule has 2 aromatic rings. The van der Waals surface area contributed by atoms with Crippen LogP contribution < -0.4 is 11.3 Å². The van der Waals surface area contributed by atoms with Gasteiger partial charge in [0, 0.05) is 5.69 Å². The first-order valence-corrected chi connectivity index (χ1v) is 6.59. The summed E-state index contributed by atoms with van der Waals surface area (Å²) in [4.78, 5) is 11.2. The summed E-state index contributed by atoms with van der Waals surface area (Å²) in [6.07, 6.45) is 0.301. The maximum Gasteiger partial charge on any atom is 0.238 e. The van der Waals surface area contributed by atoms with Gasteiger partial charge < -0.3 is 0 Å². The van der Waals surface area contributed by atoms with Crippen LogP contribution in [0.2, 0.25) is 0 Å². The average Bonchev–Trinajstić information content (AvgIpc) is 2.68. The van der Waals surface area contributed by atoms with E-state index in [4.69, 9.17) is 5.84 Å². The number of nitrogens with two attached hydrogens (primary N) is 1. The molecule has 1 aromatic carbocycles. The minimum atomic E-state index is -0.188. The van der Waals surface area contributed by atoms with E-state index in [1.807, 2.05) is 35.9 Å². The van der Waals surface area contributed by atoms with Crippen LogP contribution in [-0.4, -0.2) is 15.7 Å². The maximum atomic E-state index is 11.2. The summed E-state index contributed by atoms with van der Waals surface area (Å²) < 4.78 is 2.01. The normalized spacial score (nSPS) is 10.6. The van der Waals surface area contributed by atoms with E-state index in [1.165, 1.54) is 11.3 Å². The van der Waals surface area contributed by atoms with Gasteiger partial charge in [0.05, 0.1) is 18.7 Å². The number of rotatable bonds is 4. The predicted molar refractivity (Wildman–Crippen MR) is 78.0 cm³/mol. The Morgan fingerprint density at radius 3 is 2.30 bits per heavy atom. The van der Waals surface area contributed by atoms with Gasteiger partial charge in [-0.1, -0.05) is 24.3 Å². The third-order valence-corrected chi connectivity index (χ3v) is 3.62. The van der Waals surface area contributed by atoms with E-state index in [-0.39, 0.29) is 5.91 Å². The van der Waals surface area contributed by atoms with Crippen LogP contribution in [0.3, 0.4) is 0 Å². The first-order valence-electron chi connectivity index (χ1n) is 6.59. The fourth-order valence-corrected chi connectivity index (χ4v) is 2.11. The van der Waals surface area contributed by atoms with E-state index in [0.717, 1.165) is 23.4 Å². The molecule has 5 nitrogen and oxygen atoms in total. The molecule has 0 radical (unpaired) electrons. The highest BCUT2D eigenvalue weighted by Gasteiger charge is 2.07. The van der Waals surface area contributed by atoms with Gasteiger partial charge in [0.25, 0.3) is 0 Å². The average molecular weight is 272 g/mol. The number of amides is 1. The Labute approximate surface area is 118 Å². The van der Waals surface area contributed by atoms with Crippen molar-refractivity contribution in [2.45, 2.75) is 33.7 Å². The largest absolute Gasteiger partial charge is 0.294 e. The van der Waals surface area contributed by atoms with Crippen molar-refractivity contribution in [3.63, 3.8) is 0 Å². The van der Waals surface area contributed by atoms with Crippen molar-refractivity contribution in [1.29, 1.82) is 0 Å². The Morgan fingerprint density at radius 1 is 1.20 bits per heavy atom. The standard InChI is InChI=1S/C15H20N4O/c1-10-11(2)18-19(12(10)3)9-14-6-4-13(5-7-14)8-15(20)17-16/h4-7H,8-9,16H2,1-3H3,(H,17,20). The van der Waals surface area contributed by atoms with Crippen molar-refractivity contribution in [2.75, 3.05) is 0 Å². The quantitative estimate of drug-likeness (QED) is 0.502. The molecule has 0 aliphatic carbocycles. The fourth-order valence-electron chi connectivity index (χ4n) is 2.11. The third kappa shape index (κ3) is 3.05. The smallest absolute Gasteiger partial charge is 0.238 e. The molecule has 0 bridgehead atoms. The summed E-state index contributed by atoms with van der Waals surface area (Å²) in [5.74, 6) is 4.89. The molecule has 20 heavy (non-hydrogen) atoms. The Balaban J connectivity index is 2.10. The highest BCUT2D eigenvalue weighted by molar-refractivity contribution is 5.77. The molecule has 3 N–H and O–H groups in total. The van der Waals surface area contributed by atoms with E-state index in [9.17, 15) is 4.79 Å². The number of hydrogen-bond donors (Lipinski definition) is 2. The third-order valence-electron chi connectivity index (χ3n) is 3.62. The van der Waals surface area contributed by atoms with Gasteiger partial charge in [-0.25, -0.2) is 5.84 Å². The van der Waals surface area contributed by atoms with E-state index in [2.05, 4.69) is 24.4 Å². The number of hydrogen-bond acceptors (Lipinski definition) is 3. The number of nitrogens with one attached hydrogen (secondary N) is 1. The van der Waals surface area contributed by atoms with E-state index in [1.54, 1.807) is 0 Å². The second-order valence-electron chi connectivity index (χ2n) is 5.01. The molecule has 5 heteroatoms. The molecule has 0 saturated carbocycles. The van der Waals surface area contributed by atoms with Gasteiger partial charge in [-0.3, -0.25) is 14.9 Å². The van der Waals surface area contributed by atoms with Gasteiger partial charge in [0.2, 0.25) is 5.91 Å². The van der Waals surface area contributed by atoms with Crippen LogP contribution in [0.4, 0.5) is 0 Å². The summed E-state index contributed by atoms with van der Waals surface area (Å²) in [5, 5.41) is 4.53. The number of aryl methyl sites for hydroxylation is 1. The van der Waals surface area contributed by atoms with Crippen LogP contribution in [-0.2, 0) is 17.8 Å². The van der Waals surface area contributed by atoms with Crippen molar-refractivity contribution in [1.82, 2.24) is 15.2 Å². The van der Waals surface area contributed by atoms with Gasteiger partial charge in [0.1, 0.15) is 0 Å². The Hall–Kier alpha value is -2.14. The van der Waals surface area contributed by atoms with Crippen LogP contribution >= 0.6 is 0 Å². The molecule has 0 aliphatic rings. The highest BCUT2D eigenvalue weighted by Crippen LogP contribution is 2.13. The van der Waals surface area contributed by atoms with Crippen molar-refractivity contribution in [2.24, 2.45) is 5.84 Å². The SMILES string of the molecule is Cc1nn(Cc2ccc(CC(=O)NN)cc2)c(C)c1C. The van der Waals surface area contributed by atoms with Gasteiger partial charge in [-0.05, 0) is 37.5 Å². The zero-order valence-corrected chi connectivity index (χ0v) is 12.1. The van der Waals surface area contributed by atoms with Crippen LogP contribution in [0, 0.1) is 20.8 Å². The number of hydrazine groups is 1. The zero-order chi connectivity index (χ0) is 14.7. The lowest BCUT2D eigenvalue weighted by molar-refractivity contribution is -0.120. The Morgan fingerprint density at radius 2 is 1.80 bits per heavy atom. The lowest BCUT2D eigenvalue weighted by Crippen LogP contribution is -2.31. The van der Waals surface area contributed by atoms with Gasteiger partial charge in [0.15, 0.2) is 0 Å². The number of carbonyl (C=O) groups is 1. The lowest BCUT2D eigenvalue weighted by atomic mass is 10.1. The molecule has 106 valence electrons. The molecule has 0 saturated heterocycles. The van der Waals surface area contributed by atoms with Gasteiger partial charge >= 0.3 is 0 Å². The zero-order valence-electron chi connectivity index (χ0n) is 12.1. The first kappa shape index (κ1) is 14.3. The monoisotopic (exact) mass is 272 g/mol. The molecule has 0 atom stereocenters. The summed E-state index contributed by atoms with van der Waals surface area (Å²) in [6.45, 7) is 6.93. The molecular formula is C15H20N4O. The van der Waals surface area contributed by atoms with Gasteiger partial charge in [-0.15, -0.1) is 0 Å². The Kier molecular flexibility index (Phi) is 4.20. The Bertz CT molecular complexity index is 614. The van der Waals surface area contributed by atoms with E-state index < -0.39 is 0 Å². The van der Waals surface area contributed by atoms with Gasteiger partial charge in [-0.2, -0.15) is 5.10 Å². The van der Waals surface area contributed by atoms with Crippen LogP contribution in [0.15, 0.2) is 24.3 Å². The molecule has 0 aliphatic heterocycles. The molecule has 0 fully saturated rings. The number of carbonyl (C=O) groups excluding carboxylic acids is 1. The molecule has 2 rings (SSSR count). The topological polar surface area (TPSA) is 72.9 Å². The number of aromatic nitrogens is 2. The number of nitrogens with zero attached hydrogens (tertiary/aromatic N) is 2. The van der Waals surface area contributed by atoms with Crippen LogP contribution in [0.5, 0.6) is 0 Å². The molecule has 1 heterocycles. The molecule has 0 unspecified atom stereocenters. The minimum Gasteiger partial charge on any atom is -0.294 e. The van der Waals surface area contributed by atoms with Crippen molar-refractivity contribution in [3.8, 4) is 0 Å².